The van der Waals surface area contributed by atoms with E-state index in [9.17, 15) is 0 Å². The van der Waals surface area contributed by atoms with Crippen molar-refractivity contribution in [1.29, 1.82) is 0 Å². The number of fused-ring (bicyclic) bond motifs is 6. The van der Waals surface area contributed by atoms with E-state index in [0.717, 1.165) is 105 Å². The maximum atomic E-state index is 5.25. The number of anilines is 6. The van der Waals surface area contributed by atoms with Crippen molar-refractivity contribution in [2.24, 2.45) is 0 Å². The number of hydrogen-bond acceptors (Lipinski definition) is 5. The van der Waals surface area contributed by atoms with Crippen LogP contribution in [0.2, 0.25) is 0 Å². The van der Waals surface area contributed by atoms with Gasteiger partial charge < -0.3 is 9.80 Å². The predicted octanol–water partition coefficient (Wildman–Crippen LogP) is 23.0. The summed E-state index contributed by atoms with van der Waals surface area (Å²) in [5, 5.41) is 6.72. The van der Waals surface area contributed by atoms with Crippen molar-refractivity contribution in [3.8, 4) is 78.7 Å². The molecule has 0 unspecified atom stereocenters. The maximum Gasteiger partial charge on any atom is 0.164 e. The van der Waals surface area contributed by atoms with Crippen LogP contribution in [0.3, 0.4) is 0 Å². The highest BCUT2D eigenvalue weighted by Gasteiger charge is 2.21. The van der Waals surface area contributed by atoms with Crippen LogP contribution in [0.4, 0.5) is 34.1 Å². The molecule has 0 amide bonds. The smallest absolute Gasteiger partial charge is 0.164 e. The van der Waals surface area contributed by atoms with Gasteiger partial charge in [-0.1, -0.05) is 269 Å². The fourth-order valence-corrected chi connectivity index (χ4v) is 12.0. The van der Waals surface area contributed by atoms with Crippen LogP contribution in [0.15, 0.2) is 334 Å². The second kappa shape index (κ2) is 24.6. The van der Waals surface area contributed by atoms with E-state index in [1.807, 2.05) is 50.2 Å². The zero-order valence-corrected chi connectivity index (χ0v) is 49.0. The van der Waals surface area contributed by atoms with Crippen molar-refractivity contribution in [2.75, 3.05) is 9.80 Å². The Balaban J connectivity index is 0.00000337. The van der Waals surface area contributed by atoms with Gasteiger partial charge in [-0.2, -0.15) is 0 Å². The second-order valence-electron chi connectivity index (χ2n) is 21.6. The summed E-state index contributed by atoms with van der Waals surface area (Å²) in [5.74, 6) is 1.83. The first-order chi connectivity index (χ1) is 43.6. The van der Waals surface area contributed by atoms with Crippen molar-refractivity contribution < 1.29 is 0 Å². The van der Waals surface area contributed by atoms with Gasteiger partial charge in [-0.05, 0) is 156 Å². The van der Waals surface area contributed by atoms with Gasteiger partial charge in [0.05, 0.1) is 0 Å². The van der Waals surface area contributed by atoms with Gasteiger partial charge in [-0.15, -0.1) is 0 Å². The summed E-state index contributed by atoms with van der Waals surface area (Å²) in [7, 11) is 0. The van der Waals surface area contributed by atoms with Crippen molar-refractivity contribution in [2.45, 2.75) is 13.8 Å². The van der Waals surface area contributed by atoms with Crippen LogP contribution in [0.25, 0.3) is 111 Å². The van der Waals surface area contributed by atoms with E-state index in [1.165, 1.54) is 22.3 Å². The average Bonchev–Trinajstić information content (AvgIpc) is 1.16. The summed E-state index contributed by atoms with van der Waals surface area (Å²) in [5.41, 5.74) is 18.4. The second-order valence-corrected chi connectivity index (χ2v) is 21.6. The van der Waals surface area contributed by atoms with E-state index in [4.69, 9.17) is 15.0 Å². The third-order valence-corrected chi connectivity index (χ3v) is 16.3. The fourth-order valence-electron chi connectivity index (χ4n) is 12.0. The Morgan fingerprint density at radius 1 is 0.170 bits per heavy atom. The molecular formula is C83H61N5. The molecule has 0 atom stereocenters. The molecular weight excluding hydrogens is 1070 g/mol. The first kappa shape index (κ1) is 54.4. The van der Waals surface area contributed by atoms with Gasteiger partial charge in [-0.25, -0.2) is 15.0 Å². The van der Waals surface area contributed by atoms with E-state index in [2.05, 4.69) is 307 Å². The number of nitrogens with zero attached hydrogens (tertiary/aromatic N) is 5. The molecule has 1 aromatic heterocycles. The van der Waals surface area contributed by atoms with Crippen LogP contribution < -0.4 is 9.80 Å². The highest BCUT2D eigenvalue weighted by Crippen LogP contribution is 2.46. The first-order valence-electron chi connectivity index (χ1n) is 30.1. The summed E-state index contributed by atoms with van der Waals surface area (Å²) < 4.78 is 0. The van der Waals surface area contributed by atoms with Gasteiger partial charge in [-0.3, -0.25) is 0 Å². The molecule has 0 bridgehead atoms. The average molecular weight is 1130 g/mol. The van der Waals surface area contributed by atoms with Gasteiger partial charge in [0.25, 0.3) is 0 Å². The molecule has 14 aromatic carbocycles. The quantitative estimate of drug-likeness (QED) is 0.108. The highest BCUT2D eigenvalue weighted by atomic mass is 15.1. The Hall–Kier alpha value is -11.5. The Morgan fingerprint density at radius 2 is 0.375 bits per heavy atom. The number of rotatable bonds is 13. The third-order valence-electron chi connectivity index (χ3n) is 16.3. The highest BCUT2D eigenvalue weighted by molar-refractivity contribution is 6.27. The van der Waals surface area contributed by atoms with Crippen LogP contribution in [-0.2, 0) is 0 Å². The molecule has 0 spiro atoms. The first-order valence-corrected chi connectivity index (χ1v) is 30.1. The summed E-state index contributed by atoms with van der Waals surface area (Å²) in [6, 6.07) is 119. The van der Waals surface area contributed by atoms with E-state index in [1.54, 1.807) is 0 Å². The molecule has 0 N–H and O–H groups in total. The van der Waals surface area contributed by atoms with E-state index >= 15 is 0 Å². The molecule has 0 aliphatic rings. The molecule has 0 radical (unpaired) electrons. The van der Waals surface area contributed by atoms with E-state index in [0.29, 0.717) is 17.5 Å². The monoisotopic (exact) mass is 1130 g/mol. The van der Waals surface area contributed by atoms with Crippen LogP contribution in [0.5, 0.6) is 0 Å². The Morgan fingerprint density at radius 3 is 0.682 bits per heavy atom. The lowest BCUT2D eigenvalue weighted by Crippen LogP contribution is -2.10. The predicted molar refractivity (Wildman–Crippen MR) is 371 cm³/mol. The number of hydrogen-bond donors (Lipinski definition) is 0. The largest absolute Gasteiger partial charge is 0.310 e. The van der Waals surface area contributed by atoms with Crippen molar-refractivity contribution in [3.63, 3.8) is 0 Å². The van der Waals surface area contributed by atoms with Crippen molar-refractivity contribution in [3.05, 3.63) is 334 Å². The minimum absolute atomic E-state index is 0.598. The topological polar surface area (TPSA) is 45.2 Å². The number of aromatic nitrogens is 3. The van der Waals surface area contributed by atoms with Gasteiger partial charge in [0.2, 0.25) is 0 Å². The van der Waals surface area contributed by atoms with Gasteiger partial charge >= 0.3 is 0 Å². The zero-order valence-electron chi connectivity index (χ0n) is 49.0. The van der Waals surface area contributed by atoms with Crippen LogP contribution >= 0.6 is 0 Å². The molecule has 5 heteroatoms. The molecule has 0 aliphatic heterocycles. The van der Waals surface area contributed by atoms with Crippen molar-refractivity contribution in [1.82, 2.24) is 15.0 Å². The Labute approximate surface area is 514 Å². The van der Waals surface area contributed by atoms with Crippen LogP contribution in [0, 0.1) is 0 Å². The molecule has 5 nitrogen and oxygen atoms in total. The molecule has 15 aromatic rings. The zero-order chi connectivity index (χ0) is 59.2. The summed E-state index contributed by atoms with van der Waals surface area (Å²) in [6.45, 7) is 4.00. The molecule has 1 heterocycles. The molecule has 0 fully saturated rings. The van der Waals surface area contributed by atoms with Crippen LogP contribution in [-0.4, -0.2) is 15.0 Å². The fraction of sp³-hybridized carbons (Fsp3) is 0.0241. The molecule has 15 rings (SSSR count). The lowest BCUT2D eigenvalue weighted by Gasteiger charge is -2.27. The normalized spacial score (nSPS) is 11.1. The minimum atomic E-state index is 0.598. The van der Waals surface area contributed by atoms with Crippen molar-refractivity contribution >= 4 is 66.4 Å². The Kier molecular flexibility index (Phi) is 15.2. The van der Waals surface area contributed by atoms with Gasteiger partial charge in [0.15, 0.2) is 17.5 Å². The molecule has 418 valence electrons. The van der Waals surface area contributed by atoms with Gasteiger partial charge in [0, 0.05) is 50.8 Å². The SMILES string of the molecule is CC.c1ccc(-c2ccc(N(c3ccc(-c4ccccc4)cc3)c3ccc4c5ccc(N(c6ccc(-c7ccccc7)cc6)c6ccc(-c7ccccc7)cc6)cc5c5cc(-c6nc(-c7ccccc7)nc(-c7ccccc7)n6)ccc5c4c3)cc2)cc1. The van der Waals surface area contributed by atoms with Gasteiger partial charge in [0.1, 0.15) is 0 Å². The standard InChI is InChI=1S/C81H55N5.C2H6/c1-7-19-56(20-8-1)60-31-40-67(41-32-60)85(68-42-33-61(34-43-68)57-21-9-2-10-22-57)71-48-51-73-74-52-49-72(86(69-44-35-62(36-45-69)58-23-11-3-12-24-58)70-46-37-63(38-47-70)59-25-13-4-14-26-59)55-78(74)76-53-66(39-50-75(76)77(73)54-71)81-83-79(64-27-15-5-16-28-64)82-80(84-81)65-29-17-6-18-30-65;1-2/h1-55H;1-2H3. The summed E-state index contributed by atoms with van der Waals surface area (Å²) in [4.78, 5) is 20.3. The number of benzene rings is 14. The van der Waals surface area contributed by atoms with Crippen LogP contribution in [0.1, 0.15) is 13.8 Å². The maximum absolute atomic E-state index is 5.25. The Bertz CT molecular complexity index is 4630. The van der Waals surface area contributed by atoms with E-state index in [-0.39, 0.29) is 0 Å². The summed E-state index contributed by atoms with van der Waals surface area (Å²) in [6.07, 6.45) is 0. The molecule has 88 heavy (non-hydrogen) atoms. The molecule has 0 saturated heterocycles. The van der Waals surface area contributed by atoms with E-state index < -0.39 is 0 Å². The lowest BCUT2D eigenvalue weighted by molar-refractivity contribution is 1.07. The third kappa shape index (κ3) is 11.0. The molecule has 0 aliphatic carbocycles. The minimum Gasteiger partial charge on any atom is -0.310 e. The lowest BCUT2D eigenvalue weighted by atomic mass is 9.92. The molecule has 0 saturated carbocycles. The summed E-state index contributed by atoms with van der Waals surface area (Å²) >= 11 is 0.